The molecule has 0 spiro atoms. The van der Waals surface area contributed by atoms with Crippen molar-refractivity contribution in [3.63, 3.8) is 0 Å². The van der Waals surface area contributed by atoms with E-state index in [2.05, 4.69) is 18.9 Å². The van der Waals surface area contributed by atoms with E-state index in [9.17, 15) is 19.2 Å². The van der Waals surface area contributed by atoms with E-state index in [-0.39, 0.29) is 12.8 Å². The van der Waals surface area contributed by atoms with Crippen LogP contribution in [0.3, 0.4) is 0 Å². The molecule has 0 aromatic carbocycles. The minimum absolute atomic E-state index is 0.218. The van der Waals surface area contributed by atoms with Crippen LogP contribution in [0.4, 0.5) is 0 Å². The summed E-state index contributed by atoms with van der Waals surface area (Å²) in [5, 5.41) is 0. The zero-order valence-corrected chi connectivity index (χ0v) is 13.7. The van der Waals surface area contributed by atoms with Crippen molar-refractivity contribution in [3.8, 4) is 0 Å². The van der Waals surface area contributed by atoms with Crippen LogP contribution in [-0.4, -0.2) is 52.3 Å². The minimum atomic E-state index is -2.20. The van der Waals surface area contributed by atoms with Crippen molar-refractivity contribution >= 4 is 23.9 Å². The molecule has 0 aliphatic carbocycles. The Morgan fingerprint density at radius 1 is 0.591 bits per heavy atom. The molecule has 0 aromatic rings. The summed E-state index contributed by atoms with van der Waals surface area (Å²) in [7, 11) is 4.19. The van der Waals surface area contributed by atoms with Crippen LogP contribution in [0.15, 0.2) is 0 Å². The van der Waals surface area contributed by atoms with Crippen molar-refractivity contribution in [3.05, 3.63) is 0 Å². The Bertz CT molecular complexity index is 380. The molecule has 8 nitrogen and oxygen atoms in total. The zero-order chi connectivity index (χ0) is 17.6. The molecule has 0 aromatic heterocycles. The van der Waals surface area contributed by atoms with E-state index in [0.717, 1.165) is 28.4 Å². The maximum absolute atomic E-state index is 12.4. The van der Waals surface area contributed by atoms with Crippen LogP contribution in [0.2, 0.25) is 0 Å². The number of hydrogen-bond donors (Lipinski definition) is 0. The van der Waals surface area contributed by atoms with Gasteiger partial charge in [-0.25, -0.2) is 0 Å². The van der Waals surface area contributed by atoms with Gasteiger partial charge in [-0.3, -0.25) is 19.2 Å². The molecular formula is C14H22O8. The molecule has 0 unspecified atom stereocenters. The zero-order valence-electron chi connectivity index (χ0n) is 13.7. The molecule has 0 saturated heterocycles. The van der Waals surface area contributed by atoms with E-state index in [1.807, 2.05) is 0 Å². The van der Waals surface area contributed by atoms with E-state index in [1.165, 1.54) is 13.8 Å². The average Bonchev–Trinajstić information content (AvgIpc) is 2.56. The summed E-state index contributed by atoms with van der Waals surface area (Å²) < 4.78 is 18.7. The third-order valence-corrected chi connectivity index (χ3v) is 3.92. The topological polar surface area (TPSA) is 105 Å². The van der Waals surface area contributed by atoms with Crippen LogP contribution in [0.1, 0.15) is 26.7 Å². The summed E-state index contributed by atoms with van der Waals surface area (Å²) in [6.07, 6.45) is -0.436. The number of hydrogen-bond acceptors (Lipinski definition) is 8. The number of ether oxygens (including phenoxy) is 4. The molecule has 0 atom stereocenters. The van der Waals surface area contributed by atoms with Gasteiger partial charge in [0.1, 0.15) is 0 Å². The van der Waals surface area contributed by atoms with Gasteiger partial charge in [0, 0.05) is 0 Å². The summed E-state index contributed by atoms with van der Waals surface area (Å²) in [5.74, 6) is -4.28. The van der Waals surface area contributed by atoms with Gasteiger partial charge in [-0.1, -0.05) is 13.8 Å². The van der Waals surface area contributed by atoms with E-state index < -0.39 is 34.7 Å². The fourth-order valence-corrected chi connectivity index (χ4v) is 2.74. The van der Waals surface area contributed by atoms with Gasteiger partial charge in [-0.2, -0.15) is 0 Å². The van der Waals surface area contributed by atoms with Crippen molar-refractivity contribution < 1.29 is 38.1 Å². The van der Waals surface area contributed by atoms with Crippen molar-refractivity contribution in [1.29, 1.82) is 0 Å². The molecule has 0 rings (SSSR count). The summed E-state index contributed by atoms with van der Waals surface area (Å²) in [4.78, 5) is 49.5. The highest BCUT2D eigenvalue weighted by Gasteiger charge is 2.71. The third kappa shape index (κ3) is 2.53. The maximum Gasteiger partial charge on any atom is 0.325 e. The summed E-state index contributed by atoms with van der Waals surface area (Å²) in [5.41, 5.74) is -4.41. The second-order valence-corrected chi connectivity index (χ2v) is 4.48. The lowest BCUT2D eigenvalue weighted by Gasteiger charge is -2.40. The number of carbonyl (C=O) groups excluding carboxylic acids is 4. The van der Waals surface area contributed by atoms with Crippen molar-refractivity contribution in [2.75, 3.05) is 28.4 Å². The highest BCUT2D eigenvalue weighted by Crippen LogP contribution is 2.49. The fourth-order valence-electron chi connectivity index (χ4n) is 2.74. The first-order chi connectivity index (χ1) is 10.3. The Labute approximate surface area is 129 Å². The van der Waals surface area contributed by atoms with Gasteiger partial charge in [-0.05, 0) is 12.8 Å². The van der Waals surface area contributed by atoms with Gasteiger partial charge in [0.25, 0.3) is 0 Å². The van der Waals surface area contributed by atoms with Crippen LogP contribution in [0.5, 0.6) is 0 Å². The van der Waals surface area contributed by atoms with Crippen LogP contribution < -0.4 is 0 Å². The summed E-state index contributed by atoms with van der Waals surface area (Å²) in [6.45, 7) is 2.92. The molecular weight excluding hydrogens is 296 g/mol. The number of esters is 4. The predicted octanol–water partition coefficient (Wildman–Crippen LogP) is 0.471. The quantitative estimate of drug-likeness (QED) is 0.379. The number of carbonyl (C=O) groups is 4. The SMILES string of the molecule is CCC(C(=O)OC)(C(=O)OC)C(CC)(C(=O)OC)C(=O)OC. The van der Waals surface area contributed by atoms with Crippen LogP contribution in [-0.2, 0) is 38.1 Å². The first kappa shape index (κ1) is 19.9. The third-order valence-electron chi connectivity index (χ3n) is 3.92. The van der Waals surface area contributed by atoms with Crippen molar-refractivity contribution in [2.45, 2.75) is 26.7 Å². The first-order valence-corrected chi connectivity index (χ1v) is 6.64. The van der Waals surface area contributed by atoms with Crippen molar-refractivity contribution in [1.82, 2.24) is 0 Å². The Morgan fingerprint density at radius 3 is 0.864 bits per heavy atom. The molecule has 22 heavy (non-hydrogen) atoms. The fraction of sp³-hybridized carbons (Fsp3) is 0.714. The van der Waals surface area contributed by atoms with Gasteiger partial charge in [0.2, 0.25) is 0 Å². The lowest BCUT2D eigenvalue weighted by molar-refractivity contribution is -0.201. The second kappa shape index (κ2) is 7.77. The predicted molar refractivity (Wildman–Crippen MR) is 73.5 cm³/mol. The summed E-state index contributed by atoms with van der Waals surface area (Å²) >= 11 is 0. The van der Waals surface area contributed by atoms with E-state index in [0.29, 0.717) is 0 Å². The minimum Gasteiger partial charge on any atom is -0.468 e. The smallest absolute Gasteiger partial charge is 0.325 e. The summed E-state index contributed by atoms with van der Waals surface area (Å²) in [6, 6.07) is 0. The standard InChI is InChI=1S/C14H22O8/c1-7-13(9(15)19-3,10(16)20-4)14(8-2,11(17)21-5)12(18)22-6/h7-8H2,1-6H3. The highest BCUT2D eigenvalue weighted by molar-refractivity contribution is 6.14. The molecule has 0 heterocycles. The van der Waals surface area contributed by atoms with Gasteiger partial charge in [-0.15, -0.1) is 0 Å². The van der Waals surface area contributed by atoms with Gasteiger partial charge < -0.3 is 18.9 Å². The van der Waals surface area contributed by atoms with Crippen LogP contribution in [0.25, 0.3) is 0 Å². The Hall–Kier alpha value is -2.12. The first-order valence-electron chi connectivity index (χ1n) is 6.64. The molecule has 0 aliphatic rings. The molecule has 0 fully saturated rings. The number of rotatable bonds is 7. The number of methoxy groups -OCH3 is 4. The van der Waals surface area contributed by atoms with E-state index in [4.69, 9.17) is 0 Å². The molecule has 0 saturated carbocycles. The Morgan fingerprint density at radius 2 is 0.773 bits per heavy atom. The van der Waals surface area contributed by atoms with Gasteiger partial charge >= 0.3 is 23.9 Å². The Kier molecular flexibility index (Phi) is 7.02. The van der Waals surface area contributed by atoms with E-state index >= 15 is 0 Å². The van der Waals surface area contributed by atoms with Crippen LogP contribution >= 0.6 is 0 Å². The monoisotopic (exact) mass is 318 g/mol. The maximum atomic E-state index is 12.4. The molecule has 0 bridgehead atoms. The second-order valence-electron chi connectivity index (χ2n) is 4.48. The molecule has 0 amide bonds. The largest absolute Gasteiger partial charge is 0.468 e. The van der Waals surface area contributed by atoms with Gasteiger partial charge in [0.15, 0.2) is 10.8 Å². The lowest BCUT2D eigenvalue weighted by atomic mass is 9.59. The van der Waals surface area contributed by atoms with Crippen molar-refractivity contribution in [2.24, 2.45) is 10.8 Å². The highest BCUT2D eigenvalue weighted by atomic mass is 16.6. The van der Waals surface area contributed by atoms with Crippen LogP contribution in [0, 0.1) is 10.8 Å². The molecule has 126 valence electrons. The molecule has 0 radical (unpaired) electrons. The molecule has 0 N–H and O–H groups in total. The normalized spacial score (nSPS) is 11.4. The lowest BCUT2D eigenvalue weighted by Crippen LogP contribution is -2.62. The van der Waals surface area contributed by atoms with E-state index in [1.54, 1.807) is 0 Å². The molecule has 8 heteroatoms. The van der Waals surface area contributed by atoms with Gasteiger partial charge in [0.05, 0.1) is 28.4 Å². The Balaban J connectivity index is 6.78. The molecule has 0 aliphatic heterocycles. The average molecular weight is 318 g/mol.